The maximum absolute atomic E-state index is 12.8. The van der Waals surface area contributed by atoms with Gasteiger partial charge in [-0.15, -0.1) is 11.8 Å². The van der Waals surface area contributed by atoms with E-state index in [0.29, 0.717) is 12.0 Å². The van der Waals surface area contributed by atoms with Gasteiger partial charge in [-0.2, -0.15) is 0 Å². The minimum atomic E-state index is -0.309. The Labute approximate surface area is 123 Å². The van der Waals surface area contributed by atoms with Crippen molar-refractivity contribution < 1.29 is 9.18 Å². The number of Topliss-reactive ketones (excluding diaryl/α,β-unsaturated/α-hetero) is 1. The summed E-state index contributed by atoms with van der Waals surface area (Å²) >= 11 is 1.76. The molecule has 0 aromatic heterocycles. The summed E-state index contributed by atoms with van der Waals surface area (Å²) in [6.45, 7) is 2.07. The molecule has 0 aliphatic rings. The number of aryl methyl sites for hydroxylation is 1. The van der Waals surface area contributed by atoms with Crippen LogP contribution in [0, 0.1) is 12.7 Å². The Kier molecular flexibility index (Phi) is 5.36. The molecule has 0 unspecified atom stereocenters. The minimum Gasteiger partial charge on any atom is -0.294 e. The van der Waals surface area contributed by atoms with Crippen molar-refractivity contribution in [2.75, 3.05) is 5.75 Å². The molecule has 0 aliphatic carbocycles. The lowest BCUT2D eigenvalue weighted by Gasteiger charge is -2.03. The predicted octanol–water partition coefficient (Wildman–Crippen LogP) is 4.89. The molecular formula is C17H17FOS. The van der Waals surface area contributed by atoms with Gasteiger partial charge in [-0.1, -0.05) is 17.7 Å². The van der Waals surface area contributed by atoms with Gasteiger partial charge in [0.25, 0.3) is 0 Å². The fraction of sp³-hybridized carbons (Fsp3) is 0.235. The summed E-state index contributed by atoms with van der Waals surface area (Å²) in [5.74, 6) is 0.682. The zero-order valence-electron chi connectivity index (χ0n) is 11.4. The van der Waals surface area contributed by atoms with Crippen LogP contribution in [0.15, 0.2) is 53.4 Å². The average Bonchev–Trinajstić information content (AvgIpc) is 2.46. The molecule has 0 amide bonds. The predicted molar refractivity (Wildman–Crippen MR) is 81.9 cm³/mol. The Morgan fingerprint density at radius 1 is 1.05 bits per heavy atom. The Bertz CT molecular complexity index is 561. The number of thioether (sulfide) groups is 1. The van der Waals surface area contributed by atoms with E-state index in [-0.39, 0.29) is 11.6 Å². The highest BCUT2D eigenvalue weighted by atomic mass is 32.2. The highest BCUT2D eigenvalue weighted by molar-refractivity contribution is 7.99. The Morgan fingerprint density at radius 3 is 2.35 bits per heavy atom. The average molecular weight is 288 g/mol. The van der Waals surface area contributed by atoms with Gasteiger partial charge in [0.15, 0.2) is 5.78 Å². The topological polar surface area (TPSA) is 17.1 Å². The number of rotatable bonds is 6. The van der Waals surface area contributed by atoms with Crippen LogP contribution in [-0.2, 0) is 0 Å². The van der Waals surface area contributed by atoms with E-state index < -0.39 is 0 Å². The van der Waals surface area contributed by atoms with Crippen LogP contribution >= 0.6 is 11.8 Å². The molecule has 2 aromatic carbocycles. The number of hydrogen-bond donors (Lipinski definition) is 0. The Hall–Kier alpha value is -1.61. The fourth-order valence-electron chi connectivity index (χ4n) is 1.84. The number of carbonyl (C=O) groups excluding carboxylic acids is 1. The molecule has 3 heteroatoms. The van der Waals surface area contributed by atoms with Crippen LogP contribution in [0.25, 0.3) is 0 Å². The summed E-state index contributed by atoms with van der Waals surface area (Å²) in [5.41, 5.74) is 1.84. The zero-order valence-corrected chi connectivity index (χ0v) is 12.3. The van der Waals surface area contributed by atoms with Crippen LogP contribution in [0.4, 0.5) is 4.39 Å². The second-order valence-corrected chi connectivity index (χ2v) is 5.86. The molecule has 0 spiro atoms. The SMILES string of the molecule is Cc1ccc(SCCCC(=O)c2ccc(F)cc2)cc1. The highest BCUT2D eigenvalue weighted by Crippen LogP contribution is 2.20. The number of halogens is 1. The summed E-state index contributed by atoms with van der Waals surface area (Å²) in [7, 11) is 0. The second-order valence-electron chi connectivity index (χ2n) is 4.70. The van der Waals surface area contributed by atoms with Crippen molar-refractivity contribution in [3.8, 4) is 0 Å². The number of hydrogen-bond acceptors (Lipinski definition) is 2. The van der Waals surface area contributed by atoms with Crippen LogP contribution in [0.5, 0.6) is 0 Å². The molecule has 1 nitrogen and oxygen atoms in total. The standard InChI is InChI=1S/C17H17FOS/c1-13-4-10-16(11-5-13)20-12-2-3-17(19)14-6-8-15(18)9-7-14/h4-11H,2-3,12H2,1H3. The molecule has 2 aromatic rings. The van der Waals surface area contributed by atoms with Gasteiger partial charge in [0.2, 0.25) is 0 Å². The molecule has 2 rings (SSSR count). The largest absolute Gasteiger partial charge is 0.294 e. The third kappa shape index (κ3) is 4.49. The molecular weight excluding hydrogens is 271 g/mol. The summed E-state index contributed by atoms with van der Waals surface area (Å²) in [5, 5.41) is 0. The van der Waals surface area contributed by atoms with Crippen LogP contribution < -0.4 is 0 Å². The van der Waals surface area contributed by atoms with E-state index >= 15 is 0 Å². The zero-order chi connectivity index (χ0) is 14.4. The van der Waals surface area contributed by atoms with E-state index in [0.717, 1.165) is 12.2 Å². The van der Waals surface area contributed by atoms with Gasteiger partial charge in [-0.3, -0.25) is 4.79 Å². The second kappa shape index (κ2) is 7.25. The summed E-state index contributed by atoms with van der Waals surface area (Å²) in [6, 6.07) is 14.1. The lowest BCUT2D eigenvalue weighted by Crippen LogP contribution is -1.99. The van der Waals surface area contributed by atoms with Crippen molar-refractivity contribution in [2.45, 2.75) is 24.7 Å². The molecule has 0 bridgehead atoms. The first-order valence-corrected chi connectivity index (χ1v) is 7.62. The Balaban J connectivity index is 1.74. The van der Waals surface area contributed by atoms with E-state index in [9.17, 15) is 9.18 Å². The van der Waals surface area contributed by atoms with Crippen molar-refractivity contribution in [1.82, 2.24) is 0 Å². The number of ketones is 1. The molecule has 0 atom stereocenters. The van der Waals surface area contributed by atoms with Gasteiger partial charge in [-0.05, 0) is 55.5 Å². The third-order valence-electron chi connectivity index (χ3n) is 3.00. The first-order valence-electron chi connectivity index (χ1n) is 6.63. The van der Waals surface area contributed by atoms with Crippen LogP contribution in [0.2, 0.25) is 0 Å². The molecule has 0 aliphatic heterocycles. The van der Waals surface area contributed by atoms with Crippen molar-refractivity contribution in [3.05, 3.63) is 65.5 Å². The van der Waals surface area contributed by atoms with E-state index in [4.69, 9.17) is 0 Å². The smallest absolute Gasteiger partial charge is 0.162 e. The van der Waals surface area contributed by atoms with Crippen LogP contribution in [0.1, 0.15) is 28.8 Å². The lowest BCUT2D eigenvalue weighted by molar-refractivity contribution is 0.0982. The van der Waals surface area contributed by atoms with E-state index in [2.05, 4.69) is 31.2 Å². The summed E-state index contributed by atoms with van der Waals surface area (Å²) in [4.78, 5) is 13.1. The van der Waals surface area contributed by atoms with Gasteiger partial charge >= 0.3 is 0 Å². The van der Waals surface area contributed by atoms with E-state index in [1.807, 2.05) is 0 Å². The van der Waals surface area contributed by atoms with Gasteiger partial charge < -0.3 is 0 Å². The van der Waals surface area contributed by atoms with Gasteiger partial charge in [0, 0.05) is 16.9 Å². The molecule has 0 N–H and O–H groups in total. The fourth-order valence-corrected chi connectivity index (χ4v) is 2.69. The van der Waals surface area contributed by atoms with Gasteiger partial charge in [0.1, 0.15) is 5.82 Å². The van der Waals surface area contributed by atoms with Crippen molar-refractivity contribution >= 4 is 17.5 Å². The molecule has 0 saturated heterocycles. The first-order chi connectivity index (χ1) is 9.65. The first kappa shape index (κ1) is 14.8. The van der Waals surface area contributed by atoms with E-state index in [1.165, 1.54) is 22.6 Å². The molecule has 0 radical (unpaired) electrons. The van der Waals surface area contributed by atoms with Gasteiger partial charge in [0.05, 0.1) is 0 Å². The highest BCUT2D eigenvalue weighted by Gasteiger charge is 2.05. The molecule has 0 fully saturated rings. The van der Waals surface area contributed by atoms with Crippen molar-refractivity contribution in [3.63, 3.8) is 0 Å². The monoisotopic (exact) mass is 288 g/mol. The quantitative estimate of drug-likeness (QED) is 0.428. The summed E-state index contributed by atoms with van der Waals surface area (Å²) in [6.07, 6.45) is 1.33. The normalized spacial score (nSPS) is 10.5. The van der Waals surface area contributed by atoms with Crippen molar-refractivity contribution in [2.24, 2.45) is 0 Å². The lowest BCUT2D eigenvalue weighted by atomic mass is 10.1. The minimum absolute atomic E-state index is 0.0782. The number of benzene rings is 2. The molecule has 20 heavy (non-hydrogen) atoms. The Morgan fingerprint density at radius 2 is 1.70 bits per heavy atom. The van der Waals surface area contributed by atoms with E-state index in [1.54, 1.807) is 23.9 Å². The molecule has 0 heterocycles. The molecule has 0 saturated carbocycles. The van der Waals surface area contributed by atoms with Crippen LogP contribution in [0.3, 0.4) is 0 Å². The maximum Gasteiger partial charge on any atom is 0.162 e. The third-order valence-corrected chi connectivity index (χ3v) is 4.10. The number of carbonyl (C=O) groups is 1. The maximum atomic E-state index is 12.8. The molecule has 104 valence electrons. The van der Waals surface area contributed by atoms with Gasteiger partial charge in [-0.25, -0.2) is 4.39 Å². The van der Waals surface area contributed by atoms with Crippen LogP contribution in [-0.4, -0.2) is 11.5 Å². The van der Waals surface area contributed by atoms with Crippen molar-refractivity contribution in [1.29, 1.82) is 0 Å². The summed E-state index contributed by atoms with van der Waals surface area (Å²) < 4.78 is 12.8.